The van der Waals surface area contributed by atoms with Crippen LogP contribution in [0, 0.1) is 0 Å². The van der Waals surface area contributed by atoms with Crippen LogP contribution in [0.5, 0.6) is 0 Å². The van der Waals surface area contributed by atoms with Gasteiger partial charge in [0.05, 0.1) is 17.4 Å². The molecule has 4 rings (SSSR count). The van der Waals surface area contributed by atoms with Gasteiger partial charge in [0.1, 0.15) is 0 Å². The number of halogens is 1. The average Bonchev–Trinajstić information content (AvgIpc) is 2.75. The number of nitrogens with zero attached hydrogens (tertiary/aromatic N) is 3. The molecule has 0 bridgehead atoms. The van der Waals surface area contributed by atoms with Crippen LogP contribution in [0.25, 0.3) is 0 Å². The highest BCUT2D eigenvalue weighted by atomic mass is 35.5. The van der Waals surface area contributed by atoms with Crippen LogP contribution in [0.1, 0.15) is 10.4 Å². The van der Waals surface area contributed by atoms with Gasteiger partial charge in [0.15, 0.2) is 0 Å². The zero-order valence-electron chi connectivity index (χ0n) is 15.4. The van der Waals surface area contributed by atoms with E-state index in [0.717, 1.165) is 31.9 Å². The highest BCUT2D eigenvalue weighted by molar-refractivity contribution is 6.31. The lowest BCUT2D eigenvalue weighted by molar-refractivity contribution is 0.102. The van der Waals surface area contributed by atoms with Gasteiger partial charge in [-0.3, -0.25) is 9.78 Å². The molecule has 1 amide bonds. The number of carbonyl (C=O) groups is 1. The molecule has 0 radical (unpaired) electrons. The van der Waals surface area contributed by atoms with Crippen LogP contribution in [0.4, 0.5) is 17.1 Å². The maximum Gasteiger partial charge on any atom is 0.257 e. The van der Waals surface area contributed by atoms with Crippen molar-refractivity contribution >= 4 is 34.6 Å². The Morgan fingerprint density at radius 2 is 1.57 bits per heavy atom. The van der Waals surface area contributed by atoms with Crippen molar-refractivity contribution in [3.63, 3.8) is 0 Å². The first-order chi connectivity index (χ1) is 13.7. The van der Waals surface area contributed by atoms with Crippen LogP contribution >= 0.6 is 11.6 Å². The van der Waals surface area contributed by atoms with E-state index in [9.17, 15) is 4.79 Å². The molecule has 0 spiro atoms. The van der Waals surface area contributed by atoms with E-state index in [1.54, 1.807) is 24.4 Å². The fraction of sp³-hybridized carbons (Fsp3) is 0.182. The number of piperazine rings is 1. The number of aromatic nitrogens is 1. The Labute approximate surface area is 169 Å². The lowest BCUT2D eigenvalue weighted by Crippen LogP contribution is -2.46. The van der Waals surface area contributed by atoms with Crippen molar-refractivity contribution in [1.82, 2.24) is 4.98 Å². The molecule has 5 nitrogen and oxygen atoms in total. The monoisotopic (exact) mass is 392 g/mol. The van der Waals surface area contributed by atoms with Crippen molar-refractivity contribution in [3.05, 3.63) is 83.6 Å². The molecule has 1 saturated heterocycles. The minimum absolute atomic E-state index is 0.195. The summed E-state index contributed by atoms with van der Waals surface area (Å²) in [5.74, 6) is -0.195. The summed E-state index contributed by atoms with van der Waals surface area (Å²) in [6, 6.07) is 19.4. The van der Waals surface area contributed by atoms with Crippen molar-refractivity contribution in [2.75, 3.05) is 41.3 Å². The van der Waals surface area contributed by atoms with Gasteiger partial charge in [-0.05, 0) is 36.4 Å². The molecule has 6 heteroatoms. The molecule has 0 saturated carbocycles. The molecule has 1 aliphatic rings. The normalized spacial score (nSPS) is 14.0. The summed E-state index contributed by atoms with van der Waals surface area (Å²) in [7, 11) is 0. The summed E-state index contributed by atoms with van der Waals surface area (Å²) in [6.45, 7) is 3.64. The molecule has 0 unspecified atom stereocenters. The number of amides is 1. The lowest BCUT2D eigenvalue weighted by atomic mass is 10.2. The van der Waals surface area contributed by atoms with Crippen molar-refractivity contribution in [2.24, 2.45) is 0 Å². The van der Waals surface area contributed by atoms with Gasteiger partial charge in [-0.2, -0.15) is 0 Å². The fourth-order valence-electron chi connectivity index (χ4n) is 3.36. The van der Waals surface area contributed by atoms with Crippen molar-refractivity contribution in [2.45, 2.75) is 0 Å². The molecule has 1 N–H and O–H groups in total. The molecule has 1 aromatic heterocycles. The Bertz CT molecular complexity index is 956. The number of benzene rings is 2. The third-order valence-electron chi connectivity index (χ3n) is 4.83. The van der Waals surface area contributed by atoms with E-state index < -0.39 is 0 Å². The largest absolute Gasteiger partial charge is 0.368 e. The first-order valence-electron chi connectivity index (χ1n) is 9.26. The van der Waals surface area contributed by atoms with Gasteiger partial charge in [-0.15, -0.1) is 0 Å². The van der Waals surface area contributed by atoms with Crippen LogP contribution in [0.2, 0.25) is 5.02 Å². The Balaban J connectivity index is 1.42. The van der Waals surface area contributed by atoms with Crippen LogP contribution in [0.15, 0.2) is 73.1 Å². The molecular formula is C22H21ClN4O. The molecule has 2 heterocycles. The van der Waals surface area contributed by atoms with Gasteiger partial charge in [0, 0.05) is 48.8 Å². The number of carbonyl (C=O) groups excluding carboxylic acids is 1. The fourth-order valence-corrected chi connectivity index (χ4v) is 3.55. The third-order valence-corrected chi connectivity index (χ3v) is 5.07. The Kier molecular flexibility index (Phi) is 5.44. The van der Waals surface area contributed by atoms with E-state index in [1.165, 1.54) is 5.69 Å². The van der Waals surface area contributed by atoms with Gasteiger partial charge < -0.3 is 15.1 Å². The van der Waals surface area contributed by atoms with E-state index in [4.69, 9.17) is 11.6 Å². The first-order valence-corrected chi connectivity index (χ1v) is 9.64. The van der Waals surface area contributed by atoms with Crippen molar-refractivity contribution in [1.29, 1.82) is 0 Å². The number of hydrogen-bond donors (Lipinski definition) is 1. The molecule has 3 aromatic rings. The van der Waals surface area contributed by atoms with E-state index >= 15 is 0 Å². The Morgan fingerprint density at radius 1 is 0.857 bits per heavy atom. The number of para-hydroxylation sites is 1. The summed E-state index contributed by atoms with van der Waals surface area (Å²) in [5.41, 5.74) is 3.41. The standard InChI is InChI=1S/C22H21ClN4O/c23-18-5-4-6-19(14-18)25-22(28)17-13-21(16-24-15-17)27-11-9-26(10-12-27)20-7-2-1-3-8-20/h1-8,13-16H,9-12H2,(H,25,28). The second-order valence-corrected chi connectivity index (χ2v) is 7.14. The highest BCUT2D eigenvalue weighted by Crippen LogP contribution is 2.21. The van der Waals surface area contributed by atoms with Crippen LogP contribution in [-0.2, 0) is 0 Å². The van der Waals surface area contributed by atoms with Gasteiger partial charge in [0.25, 0.3) is 5.91 Å². The van der Waals surface area contributed by atoms with E-state index in [-0.39, 0.29) is 5.91 Å². The van der Waals surface area contributed by atoms with Crippen LogP contribution in [-0.4, -0.2) is 37.1 Å². The number of pyridine rings is 1. The molecule has 28 heavy (non-hydrogen) atoms. The lowest BCUT2D eigenvalue weighted by Gasteiger charge is -2.37. The van der Waals surface area contributed by atoms with Crippen molar-refractivity contribution in [3.8, 4) is 0 Å². The van der Waals surface area contributed by atoms with Gasteiger partial charge in [0.2, 0.25) is 0 Å². The summed E-state index contributed by atoms with van der Waals surface area (Å²) >= 11 is 5.98. The van der Waals surface area contributed by atoms with E-state index in [2.05, 4.69) is 44.4 Å². The molecule has 142 valence electrons. The van der Waals surface area contributed by atoms with E-state index in [0.29, 0.717) is 16.3 Å². The second kappa shape index (κ2) is 8.31. The summed E-state index contributed by atoms with van der Waals surface area (Å²) in [4.78, 5) is 21.5. The smallest absolute Gasteiger partial charge is 0.257 e. The van der Waals surface area contributed by atoms with Gasteiger partial charge >= 0.3 is 0 Å². The van der Waals surface area contributed by atoms with E-state index in [1.807, 2.05) is 24.4 Å². The third kappa shape index (κ3) is 4.26. The molecule has 1 aliphatic heterocycles. The van der Waals surface area contributed by atoms with Crippen LogP contribution in [0.3, 0.4) is 0 Å². The number of nitrogens with one attached hydrogen (secondary N) is 1. The molecule has 0 atom stereocenters. The van der Waals surface area contributed by atoms with Crippen LogP contribution < -0.4 is 15.1 Å². The number of rotatable bonds is 4. The summed E-state index contributed by atoms with van der Waals surface area (Å²) in [5, 5.41) is 3.45. The SMILES string of the molecule is O=C(Nc1cccc(Cl)c1)c1cncc(N2CCN(c3ccccc3)CC2)c1. The maximum absolute atomic E-state index is 12.6. The predicted octanol–water partition coefficient (Wildman–Crippen LogP) is 4.31. The number of hydrogen-bond acceptors (Lipinski definition) is 4. The molecule has 1 fully saturated rings. The zero-order chi connectivity index (χ0) is 19.3. The molecule has 2 aromatic carbocycles. The topological polar surface area (TPSA) is 48.5 Å². The molecule has 0 aliphatic carbocycles. The Hall–Kier alpha value is -3.05. The quantitative estimate of drug-likeness (QED) is 0.718. The summed E-state index contributed by atoms with van der Waals surface area (Å²) < 4.78 is 0. The Morgan fingerprint density at radius 3 is 2.29 bits per heavy atom. The molecular weight excluding hydrogens is 372 g/mol. The van der Waals surface area contributed by atoms with Gasteiger partial charge in [-0.1, -0.05) is 35.9 Å². The minimum atomic E-state index is -0.195. The highest BCUT2D eigenvalue weighted by Gasteiger charge is 2.18. The van der Waals surface area contributed by atoms with Crippen molar-refractivity contribution < 1.29 is 4.79 Å². The minimum Gasteiger partial charge on any atom is -0.368 e. The van der Waals surface area contributed by atoms with Gasteiger partial charge in [-0.25, -0.2) is 0 Å². The maximum atomic E-state index is 12.6. The predicted molar refractivity (Wildman–Crippen MR) is 115 cm³/mol. The zero-order valence-corrected chi connectivity index (χ0v) is 16.1. The number of anilines is 3. The average molecular weight is 393 g/mol. The summed E-state index contributed by atoms with van der Waals surface area (Å²) in [6.07, 6.45) is 3.40. The first kappa shape index (κ1) is 18.3. The second-order valence-electron chi connectivity index (χ2n) is 6.71.